The maximum atomic E-state index is 5.86. The summed E-state index contributed by atoms with van der Waals surface area (Å²) in [6.07, 6.45) is -0.319. The van der Waals surface area contributed by atoms with E-state index in [4.69, 9.17) is 20.9 Å². The zero-order valence-electron chi connectivity index (χ0n) is 11.4. The van der Waals surface area contributed by atoms with Crippen LogP contribution >= 0.6 is 11.6 Å². The standard InChI is InChI=1S/C16H13ClN2O2/c1-11(20-14-5-3-2-4-6-14)16-18-15(19-21-16)12-7-9-13(17)10-8-12/h2-11H,1H3/t11-/m0/s1. The molecular formula is C16H13ClN2O2. The molecule has 106 valence electrons. The van der Waals surface area contributed by atoms with Crippen LogP contribution in [0.1, 0.15) is 18.9 Å². The molecule has 0 spiro atoms. The third kappa shape index (κ3) is 3.23. The molecule has 0 aliphatic carbocycles. The molecule has 0 saturated heterocycles. The molecule has 0 saturated carbocycles. The average Bonchev–Trinajstić information content (AvgIpc) is 2.99. The van der Waals surface area contributed by atoms with Crippen molar-refractivity contribution >= 4 is 11.6 Å². The summed E-state index contributed by atoms with van der Waals surface area (Å²) in [7, 11) is 0. The number of hydrogen-bond acceptors (Lipinski definition) is 4. The number of nitrogens with zero attached hydrogens (tertiary/aromatic N) is 2. The van der Waals surface area contributed by atoms with Crippen LogP contribution in [0, 0.1) is 0 Å². The molecule has 3 aromatic rings. The Kier molecular flexibility index (Phi) is 3.88. The summed E-state index contributed by atoms with van der Waals surface area (Å²) in [5.74, 6) is 1.71. The molecule has 0 radical (unpaired) electrons. The van der Waals surface area contributed by atoms with E-state index < -0.39 is 0 Å². The lowest BCUT2D eigenvalue weighted by atomic mass is 10.2. The summed E-state index contributed by atoms with van der Waals surface area (Å²) in [6, 6.07) is 16.8. The fourth-order valence-electron chi connectivity index (χ4n) is 1.87. The van der Waals surface area contributed by atoms with Crippen LogP contribution in [0.2, 0.25) is 5.02 Å². The lowest BCUT2D eigenvalue weighted by Gasteiger charge is -2.09. The van der Waals surface area contributed by atoms with Crippen LogP contribution in [0.25, 0.3) is 11.4 Å². The molecule has 3 rings (SSSR count). The van der Waals surface area contributed by atoms with Gasteiger partial charge in [0.05, 0.1) is 0 Å². The molecule has 2 aromatic carbocycles. The van der Waals surface area contributed by atoms with Gasteiger partial charge in [-0.3, -0.25) is 0 Å². The Morgan fingerprint density at radius 3 is 2.48 bits per heavy atom. The Labute approximate surface area is 127 Å². The molecule has 0 aliphatic rings. The third-order valence-corrected chi connectivity index (χ3v) is 3.20. The van der Waals surface area contributed by atoms with E-state index in [1.165, 1.54) is 0 Å². The van der Waals surface area contributed by atoms with E-state index >= 15 is 0 Å². The fraction of sp³-hybridized carbons (Fsp3) is 0.125. The van der Waals surface area contributed by atoms with E-state index in [0.29, 0.717) is 16.7 Å². The molecule has 0 unspecified atom stereocenters. The van der Waals surface area contributed by atoms with E-state index in [-0.39, 0.29) is 6.10 Å². The van der Waals surface area contributed by atoms with Crippen LogP contribution in [0.3, 0.4) is 0 Å². The van der Waals surface area contributed by atoms with Crippen LogP contribution in [-0.2, 0) is 0 Å². The fourth-order valence-corrected chi connectivity index (χ4v) is 2.00. The number of benzene rings is 2. The number of aromatic nitrogens is 2. The Balaban J connectivity index is 1.76. The second kappa shape index (κ2) is 5.97. The van der Waals surface area contributed by atoms with Crippen LogP contribution in [0.15, 0.2) is 59.1 Å². The van der Waals surface area contributed by atoms with Gasteiger partial charge in [0.1, 0.15) is 5.75 Å². The van der Waals surface area contributed by atoms with Gasteiger partial charge in [0.25, 0.3) is 5.89 Å². The van der Waals surface area contributed by atoms with Gasteiger partial charge in [-0.05, 0) is 43.3 Å². The van der Waals surface area contributed by atoms with Gasteiger partial charge in [0.15, 0.2) is 6.10 Å². The topological polar surface area (TPSA) is 48.2 Å². The van der Waals surface area contributed by atoms with Crippen molar-refractivity contribution in [2.24, 2.45) is 0 Å². The molecule has 1 atom stereocenters. The molecule has 0 amide bonds. The second-order valence-corrected chi connectivity index (χ2v) is 4.97. The minimum atomic E-state index is -0.319. The molecule has 5 heteroatoms. The zero-order chi connectivity index (χ0) is 14.7. The van der Waals surface area contributed by atoms with Crippen molar-refractivity contribution in [2.75, 3.05) is 0 Å². The first-order valence-electron chi connectivity index (χ1n) is 6.53. The first-order chi connectivity index (χ1) is 10.2. The minimum absolute atomic E-state index is 0.319. The minimum Gasteiger partial charge on any atom is -0.481 e. The number of halogens is 1. The normalized spacial score (nSPS) is 12.1. The summed E-state index contributed by atoms with van der Waals surface area (Å²) >= 11 is 5.86. The molecule has 1 aromatic heterocycles. The summed E-state index contributed by atoms with van der Waals surface area (Å²) in [6.45, 7) is 1.87. The van der Waals surface area contributed by atoms with E-state index in [1.807, 2.05) is 49.4 Å². The van der Waals surface area contributed by atoms with Crippen molar-refractivity contribution in [3.8, 4) is 17.1 Å². The molecular weight excluding hydrogens is 288 g/mol. The number of ether oxygens (including phenoxy) is 1. The quantitative estimate of drug-likeness (QED) is 0.710. The highest BCUT2D eigenvalue weighted by Crippen LogP contribution is 2.23. The van der Waals surface area contributed by atoms with E-state index in [0.717, 1.165) is 11.3 Å². The van der Waals surface area contributed by atoms with Gasteiger partial charge in [-0.25, -0.2) is 0 Å². The van der Waals surface area contributed by atoms with Crippen molar-refractivity contribution < 1.29 is 9.26 Å². The highest BCUT2D eigenvalue weighted by atomic mass is 35.5. The summed E-state index contributed by atoms with van der Waals surface area (Å²) < 4.78 is 11.0. The zero-order valence-corrected chi connectivity index (χ0v) is 12.1. The Hall–Kier alpha value is -2.33. The predicted molar refractivity (Wildman–Crippen MR) is 80.2 cm³/mol. The van der Waals surface area contributed by atoms with Gasteiger partial charge >= 0.3 is 0 Å². The first kappa shape index (κ1) is 13.6. The monoisotopic (exact) mass is 300 g/mol. The van der Waals surface area contributed by atoms with E-state index in [9.17, 15) is 0 Å². The van der Waals surface area contributed by atoms with Gasteiger partial charge in [-0.2, -0.15) is 4.98 Å². The smallest absolute Gasteiger partial charge is 0.267 e. The third-order valence-electron chi connectivity index (χ3n) is 2.95. The molecule has 4 nitrogen and oxygen atoms in total. The lowest BCUT2D eigenvalue weighted by molar-refractivity contribution is 0.176. The Morgan fingerprint density at radius 1 is 1.05 bits per heavy atom. The highest BCUT2D eigenvalue weighted by molar-refractivity contribution is 6.30. The van der Waals surface area contributed by atoms with Crippen molar-refractivity contribution in [2.45, 2.75) is 13.0 Å². The molecule has 1 heterocycles. The molecule has 0 bridgehead atoms. The average molecular weight is 301 g/mol. The molecule has 0 fully saturated rings. The molecule has 0 N–H and O–H groups in total. The second-order valence-electron chi connectivity index (χ2n) is 4.54. The van der Waals surface area contributed by atoms with Crippen LogP contribution < -0.4 is 4.74 Å². The van der Waals surface area contributed by atoms with E-state index in [2.05, 4.69) is 10.1 Å². The predicted octanol–water partition coefficient (Wildman–Crippen LogP) is 4.53. The number of rotatable bonds is 4. The Morgan fingerprint density at radius 2 is 1.76 bits per heavy atom. The summed E-state index contributed by atoms with van der Waals surface area (Å²) in [5.41, 5.74) is 0.848. The largest absolute Gasteiger partial charge is 0.481 e. The maximum absolute atomic E-state index is 5.86. The van der Waals surface area contributed by atoms with Gasteiger partial charge < -0.3 is 9.26 Å². The van der Waals surface area contributed by atoms with Gasteiger partial charge in [-0.1, -0.05) is 35.0 Å². The lowest BCUT2D eigenvalue weighted by Crippen LogP contribution is -2.03. The van der Waals surface area contributed by atoms with Crippen molar-refractivity contribution in [3.05, 3.63) is 65.5 Å². The summed E-state index contributed by atoms with van der Waals surface area (Å²) in [5, 5.41) is 4.64. The van der Waals surface area contributed by atoms with Crippen molar-refractivity contribution in [1.82, 2.24) is 10.1 Å². The van der Waals surface area contributed by atoms with Crippen LogP contribution in [0.4, 0.5) is 0 Å². The SMILES string of the molecule is C[C@H](Oc1ccccc1)c1nc(-c2ccc(Cl)cc2)no1. The maximum Gasteiger partial charge on any atom is 0.267 e. The van der Waals surface area contributed by atoms with Gasteiger partial charge in [0.2, 0.25) is 5.82 Å². The molecule has 0 aliphatic heterocycles. The van der Waals surface area contributed by atoms with Crippen molar-refractivity contribution in [1.29, 1.82) is 0 Å². The Bertz CT molecular complexity index is 711. The van der Waals surface area contributed by atoms with E-state index in [1.54, 1.807) is 12.1 Å². The van der Waals surface area contributed by atoms with Gasteiger partial charge in [-0.15, -0.1) is 0 Å². The summed E-state index contributed by atoms with van der Waals surface area (Å²) in [4.78, 5) is 4.36. The van der Waals surface area contributed by atoms with Gasteiger partial charge in [0, 0.05) is 10.6 Å². The first-order valence-corrected chi connectivity index (χ1v) is 6.91. The molecule has 21 heavy (non-hydrogen) atoms. The van der Waals surface area contributed by atoms with Crippen LogP contribution in [0.5, 0.6) is 5.75 Å². The number of para-hydroxylation sites is 1. The highest BCUT2D eigenvalue weighted by Gasteiger charge is 2.16. The number of hydrogen-bond donors (Lipinski definition) is 0. The van der Waals surface area contributed by atoms with Crippen LogP contribution in [-0.4, -0.2) is 10.1 Å². The van der Waals surface area contributed by atoms with Crippen molar-refractivity contribution in [3.63, 3.8) is 0 Å².